The largest absolute Gasteiger partial charge is 0.441 e. The first kappa shape index (κ1) is 18.7. The Hall–Kier alpha value is -3.12. The Morgan fingerprint density at radius 2 is 1.85 bits per heavy atom. The first-order chi connectivity index (χ1) is 12.9. The van der Waals surface area contributed by atoms with E-state index in [1.165, 1.54) is 6.92 Å². The fourth-order valence-electron chi connectivity index (χ4n) is 2.54. The molecule has 0 saturated heterocycles. The molecule has 3 rings (SSSR count). The molecule has 2 N–H and O–H groups in total. The van der Waals surface area contributed by atoms with Crippen molar-refractivity contribution in [3.8, 4) is 11.5 Å². The fourth-order valence-corrected chi connectivity index (χ4v) is 2.71. The highest BCUT2D eigenvalue weighted by atomic mass is 35.5. The van der Waals surface area contributed by atoms with Crippen LogP contribution in [0.5, 0.6) is 0 Å². The molecule has 0 fully saturated rings. The third kappa shape index (κ3) is 4.74. The highest BCUT2D eigenvalue weighted by molar-refractivity contribution is 6.33. The number of rotatable bonds is 5. The van der Waals surface area contributed by atoms with E-state index in [1.54, 1.807) is 25.1 Å². The number of amides is 2. The summed E-state index contributed by atoms with van der Waals surface area (Å²) < 4.78 is 5.67. The molecule has 0 saturated carbocycles. The number of carbonyl (C=O) groups is 2. The number of nitrogens with zero attached hydrogens (tertiary/aromatic N) is 1. The quantitative estimate of drug-likeness (QED) is 0.682. The van der Waals surface area contributed by atoms with Gasteiger partial charge in [0, 0.05) is 18.2 Å². The van der Waals surface area contributed by atoms with Crippen LogP contribution < -0.4 is 10.6 Å². The summed E-state index contributed by atoms with van der Waals surface area (Å²) in [4.78, 5) is 28.0. The SMILES string of the molecule is CC(=O)Nc1cc(NC(=O)Cc2nc(-c3ccccc3)oc2C)ccc1Cl. The maximum Gasteiger partial charge on any atom is 0.230 e. The summed E-state index contributed by atoms with van der Waals surface area (Å²) in [6, 6.07) is 14.4. The van der Waals surface area contributed by atoms with Gasteiger partial charge in [-0.15, -0.1) is 0 Å². The van der Waals surface area contributed by atoms with Gasteiger partial charge in [0.2, 0.25) is 17.7 Å². The number of aromatic nitrogens is 1. The summed E-state index contributed by atoms with van der Waals surface area (Å²) in [6.07, 6.45) is 0.0697. The number of hydrogen-bond acceptors (Lipinski definition) is 4. The first-order valence-corrected chi connectivity index (χ1v) is 8.69. The van der Waals surface area contributed by atoms with E-state index in [9.17, 15) is 9.59 Å². The number of oxazole rings is 1. The highest BCUT2D eigenvalue weighted by Crippen LogP contribution is 2.26. The monoisotopic (exact) mass is 383 g/mol. The normalized spacial score (nSPS) is 10.5. The van der Waals surface area contributed by atoms with Gasteiger partial charge in [-0.05, 0) is 37.3 Å². The molecule has 1 aromatic heterocycles. The van der Waals surface area contributed by atoms with Crippen LogP contribution in [0.3, 0.4) is 0 Å². The number of benzene rings is 2. The lowest BCUT2D eigenvalue weighted by Gasteiger charge is -2.09. The molecule has 0 atom stereocenters. The lowest BCUT2D eigenvalue weighted by molar-refractivity contribution is -0.116. The zero-order valence-corrected chi connectivity index (χ0v) is 15.6. The fraction of sp³-hybridized carbons (Fsp3) is 0.150. The number of carbonyl (C=O) groups excluding carboxylic acids is 2. The van der Waals surface area contributed by atoms with Gasteiger partial charge in [-0.2, -0.15) is 0 Å². The summed E-state index contributed by atoms with van der Waals surface area (Å²) in [5, 5.41) is 5.79. The lowest BCUT2D eigenvalue weighted by atomic mass is 10.2. The number of aryl methyl sites for hydroxylation is 1. The van der Waals surface area contributed by atoms with Crippen LogP contribution in [0.1, 0.15) is 18.4 Å². The zero-order chi connectivity index (χ0) is 19.4. The Morgan fingerprint density at radius 3 is 2.56 bits per heavy atom. The Balaban J connectivity index is 1.71. The summed E-state index contributed by atoms with van der Waals surface area (Å²) >= 11 is 6.04. The van der Waals surface area contributed by atoms with Crippen LogP contribution in [0.15, 0.2) is 52.9 Å². The van der Waals surface area contributed by atoms with Crippen LogP contribution in [-0.2, 0) is 16.0 Å². The Morgan fingerprint density at radius 1 is 1.11 bits per heavy atom. The molecule has 1 heterocycles. The van der Waals surface area contributed by atoms with E-state index in [0.717, 1.165) is 5.56 Å². The van der Waals surface area contributed by atoms with Crippen molar-refractivity contribution in [1.82, 2.24) is 4.98 Å². The van der Waals surface area contributed by atoms with Crippen molar-refractivity contribution in [3.63, 3.8) is 0 Å². The van der Waals surface area contributed by atoms with Gasteiger partial charge in [0.05, 0.1) is 22.8 Å². The van der Waals surface area contributed by atoms with Crippen molar-refractivity contribution >= 4 is 34.8 Å². The van der Waals surface area contributed by atoms with Crippen LogP contribution >= 0.6 is 11.6 Å². The summed E-state index contributed by atoms with van der Waals surface area (Å²) in [7, 11) is 0. The lowest BCUT2D eigenvalue weighted by Crippen LogP contribution is -2.15. The number of nitrogens with one attached hydrogen (secondary N) is 2. The van der Waals surface area contributed by atoms with Gasteiger partial charge in [0.25, 0.3) is 0 Å². The van der Waals surface area contributed by atoms with Crippen LogP contribution in [0.4, 0.5) is 11.4 Å². The smallest absolute Gasteiger partial charge is 0.230 e. The van der Waals surface area contributed by atoms with Crippen molar-refractivity contribution in [2.24, 2.45) is 0 Å². The Kier molecular flexibility index (Phi) is 5.57. The van der Waals surface area contributed by atoms with Crippen LogP contribution in [0.25, 0.3) is 11.5 Å². The molecule has 0 aliphatic rings. The molecule has 2 amide bonds. The molecule has 0 spiro atoms. The summed E-state index contributed by atoms with van der Waals surface area (Å²) in [6.45, 7) is 3.17. The van der Waals surface area contributed by atoms with Crippen molar-refractivity contribution in [2.45, 2.75) is 20.3 Å². The molecule has 6 nitrogen and oxygen atoms in total. The zero-order valence-electron chi connectivity index (χ0n) is 14.9. The molecule has 7 heteroatoms. The van der Waals surface area contributed by atoms with Crippen LogP contribution in [-0.4, -0.2) is 16.8 Å². The molecular formula is C20H18ClN3O3. The van der Waals surface area contributed by atoms with Crippen molar-refractivity contribution in [1.29, 1.82) is 0 Å². The van der Waals surface area contributed by atoms with Crippen LogP contribution in [0.2, 0.25) is 5.02 Å². The molecule has 0 unspecified atom stereocenters. The second-order valence-corrected chi connectivity index (χ2v) is 6.40. The molecule has 0 radical (unpaired) electrons. The predicted molar refractivity (Wildman–Crippen MR) is 105 cm³/mol. The van der Waals surface area contributed by atoms with E-state index >= 15 is 0 Å². The molecule has 0 aliphatic carbocycles. The third-order valence-corrected chi connectivity index (χ3v) is 4.13. The Bertz CT molecular complexity index is 983. The summed E-state index contributed by atoms with van der Waals surface area (Å²) in [5.74, 6) is 0.587. The predicted octanol–water partition coefficient (Wildman–Crippen LogP) is 4.44. The van der Waals surface area contributed by atoms with E-state index in [1.807, 2.05) is 30.3 Å². The second-order valence-electron chi connectivity index (χ2n) is 5.99. The number of halogens is 1. The molecule has 0 aliphatic heterocycles. The van der Waals surface area contributed by atoms with Crippen molar-refractivity contribution in [3.05, 3.63) is 65.0 Å². The molecule has 138 valence electrons. The number of hydrogen-bond donors (Lipinski definition) is 2. The molecular weight excluding hydrogens is 366 g/mol. The van der Waals surface area contributed by atoms with Crippen molar-refractivity contribution < 1.29 is 14.0 Å². The number of anilines is 2. The van der Waals surface area contributed by atoms with Gasteiger partial charge in [-0.25, -0.2) is 4.98 Å². The van der Waals surface area contributed by atoms with E-state index in [2.05, 4.69) is 15.6 Å². The topological polar surface area (TPSA) is 84.2 Å². The standard InChI is InChI=1S/C20H18ClN3O3/c1-12-17(24-20(27-12)14-6-4-3-5-7-14)11-19(26)23-15-8-9-16(21)18(10-15)22-13(2)25/h3-10H,11H2,1-2H3,(H,22,25)(H,23,26). The van der Waals surface area contributed by atoms with Gasteiger partial charge in [0.15, 0.2) is 0 Å². The van der Waals surface area contributed by atoms with Gasteiger partial charge < -0.3 is 15.1 Å². The molecule has 0 bridgehead atoms. The second kappa shape index (κ2) is 8.05. The summed E-state index contributed by atoms with van der Waals surface area (Å²) in [5.41, 5.74) is 2.39. The molecule has 27 heavy (non-hydrogen) atoms. The minimum atomic E-state index is -0.248. The van der Waals surface area contributed by atoms with Gasteiger partial charge >= 0.3 is 0 Å². The molecule has 3 aromatic rings. The van der Waals surface area contributed by atoms with Gasteiger partial charge in [-0.1, -0.05) is 29.8 Å². The molecule has 2 aromatic carbocycles. The average Bonchev–Trinajstić information content (AvgIpc) is 2.99. The van der Waals surface area contributed by atoms with E-state index < -0.39 is 0 Å². The highest BCUT2D eigenvalue weighted by Gasteiger charge is 2.15. The van der Waals surface area contributed by atoms with Gasteiger partial charge in [0.1, 0.15) is 5.76 Å². The minimum Gasteiger partial charge on any atom is -0.441 e. The van der Waals surface area contributed by atoms with E-state index in [-0.39, 0.29) is 18.2 Å². The van der Waals surface area contributed by atoms with Crippen LogP contribution in [0, 0.1) is 6.92 Å². The Labute approximate surface area is 161 Å². The van der Waals surface area contributed by atoms with E-state index in [4.69, 9.17) is 16.0 Å². The third-order valence-electron chi connectivity index (χ3n) is 3.80. The van der Waals surface area contributed by atoms with Gasteiger partial charge in [-0.3, -0.25) is 9.59 Å². The maximum absolute atomic E-state index is 12.4. The minimum absolute atomic E-state index is 0.0697. The van der Waals surface area contributed by atoms with Crippen molar-refractivity contribution in [2.75, 3.05) is 10.6 Å². The van der Waals surface area contributed by atoms with E-state index in [0.29, 0.717) is 33.7 Å². The first-order valence-electron chi connectivity index (χ1n) is 8.31. The average molecular weight is 384 g/mol. The maximum atomic E-state index is 12.4.